The quantitative estimate of drug-likeness (QED) is 0.798. The monoisotopic (exact) mass is 282 g/mol. The van der Waals surface area contributed by atoms with Crippen LogP contribution in [0.1, 0.15) is 26.7 Å². The summed E-state index contributed by atoms with van der Waals surface area (Å²) >= 11 is 0. The van der Waals surface area contributed by atoms with Crippen LogP contribution in [0.15, 0.2) is 54.6 Å². The van der Waals surface area contributed by atoms with Crippen LogP contribution in [0.4, 0.5) is 17.1 Å². The van der Waals surface area contributed by atoms with Crippen molar-refractivity contribution < 1.29 is 4.79 Å². The molecule has 2 aromatic rings. The molecule has 3 nitrogen and oxygen atoms in total. The fourth-order valence-electron chi connectivity index (χ4n) is 1.97. The zero-order valence-corrected chi connectivity index (χ0v) is 12.6. The van der Waals surface area contributed by atoms with Gasteiger partial charge >= 0.3 is 0 Å². The number of hydrogen-bond donors (Lipinski definition) is 2. The molecule has 0 saturated carbocycles. The van der Waals surface area contributed by atoms with Crippen molar-refractivity contribution >= 4 is 23.0 Å². The normalized spacial score (nSPS) is 10.4. The molecule has 0 heterocycles. The molecule has 2 N–H and O–H groups in total. The molecule has 0 aliphatic rings. The summed E-state index contributed by atoms with van der Waals surface area (Å²) in [5, 5.41) is 6.23. The summed E-state index contributed by atoms with van der Waals surface area (Å²) in [6.45, 7) is 4.24. The number of carbonyl (C=O) groups is 1. The predicted molar refractivity (Wildman–Crippen MR) is 88.9 cm³/mol. The zero-order chi connectivity index (χ0) is 15.1. The summed E-state index contributed by atoms with van der Waals surface area (Å²) in [5.74, 6) is 0.626. The van der Waals surface area contributed by atoms with Crippen molar-refractivity contribution in [3.8, 4) is 0 Å². The van der Waals surface area contributed by atoms with Gasteiger partial charge in [0.2, 0.25) is 5.91 Å². The van der Waals surface area contributed by atoms with E-state index in [2.05, 4.69) is 24.5 Å². The number of anilines is 3. The molecule has 0 radical (unpaired) electrons. The standard InChI is InChI=1S/C18H22N2O/c1-14(2)8-13-18(21)20-17-11-9-16(10-12-17)19-15-6-4-3-5-7-15/h3-7,9-12,14,19H,8,13H2,1-2H3,(H,20,21). The van der Waals surface area contributed by atoms with E-state index in [-0.39, 0.29) is 5.91 Å². The van der Waals surface area contributed by atoms with Crippen molar-refractivity contribution in [2.45, 2.75) is 26.7 Å². The van der Waals surface area contributed by atoms with E-state index in [1.54, 1.807) is 0 Å². The van der Waals surface area contributed by atoms with Gasteiger partial charge < -0.3 is 10.6 Å². The average molecular weight is 282 g/mol. The molecule has 110 valence electrons. The first-order valence-electron chi connectivity index (χ1n) is 7.35. The number of nitrogens with one attached hydrogen (secondary N) is 2. The van der Waals surface area contributed by atoms with Crippen molar-refractivity contribution in [1.29, 1.82) is 0 Å². The first-order valence-corrected chi connectivity index (χ1v) is 7.35. The van der Waals surface area contributed by atoms with E-state index < -0.39 is 0 Å². The van der Waals surface area contributed by atoms with Crippen molar-refractivity contribution in [1.82, 2.24) is 0 Å². The van der Waals surface area contributed by atoms with Gasteiger partial charge in [-0.25, -0.2) is 0 Å². The summed E-state index contributed by atoms with van der Waals surface area (Å²) in [6, 6.07) is 17.8. The van der Waals surface area contributed by atoms with Gasteiger partial charge in [-0.15, -0.1) is 0 Å². The van der Waals surface area contributed by atoms with Gasteiger partial charge in [-0.2, -0.15) is 0 Å². The smallest absolute Gasteiger partial charge is 0.224 e. The highest BCUT2D eigenvalue weighted by atomic mass is 16.1. The maximum atomic E-state index is 11.8. The molecule has 21 heavy (non-hydrogen) atoms. The van der Waals surface area contributed by atoms with Crippen LogP contribution in [0.2, 0.25) is 0 Å². The Morgan fingerprint density at radius 1 is 0.905 bits per heavy atom. The van der Waals surface area contributed by atoms with E-state index >= 15 is 0 Å². The van der Waals surface area contributed by atoms with Crippen molar-refractivity contribution in [2.75, 3.05) is 10.6 Å². The molecule has 2 aromatic carbocycles. The van der Waals surface area contributed by atoms with Gasteiger partial charge in [-0.3, -0.25) is 4.79 Å². The van der Waals surface area contributed by atoms with Crippen molar-refractivity contribution in [3.05, 3.63) is 54.6 Å². The largest absolute Gasteiger partial charge is 0.356 e. The Morgan fingerprint density at radius 3 is 2.10 bits per heavy atom. The van der Waals surface area contributed by atoms with Crippen LogP contribution < -0.4 is 10.6 Å². The number of benzene rings is 2. The van der Waals surface area contributed by atoms with Gasteiger partial charge in [0.15, 0.2) is 0 Å². The topological polar surface area (TPSA) is 41.1 Å². The highest BCUT2D eigenvalue weighted by molar-refractivity contribution is 5.90. The second-order valence-corrected chi connectivity index (χ2v) is 5.55. The number of carbonyl (C=O) groups excluding carboxylic acids is 1. The number of rotatable bonds is 6. The summed E-state index contributed by atoms with van der Waals surface area (Å²) in [7, 11) is 0. The number of para-hydroxylation sites is 1. The molecule has 2 rings (SSSR count). The van der Waals surface area contributed by atoms with Crippen molar-refractivity contribution in [2.24, 2.45) is 5.92 Å². The Bertz CT molecular complexity index is 562. The zero-order valence-electron chi connectivity index (χ0n) is 12.6. The Kier molecular flexibility index (Phi) is 5.38. The molecule has 0 saturated heterocycles. The lowest BCUT2D eigenvalue weighted by Gasteiger charge is -2.09. The molecule has 0 atom stereocenters. The Balaban J connectivity index is 1.88. The molecule has 0 bridgehead atoms. The van der Waals surface area contributed by atoms with E-state index in [1.165, 1.54) is 0 Å². The van der Waals surface area contributed by atoms with Crippen LogP contribution in [0.5, 0.6) is 0 Å². The maximum absolute atomic E-state index is 11.8. The SMILES string of the molecule is CC(C)CCC(=O)Nc1ccc(Nc2ccccc2)cc1. The molecular weight excluding hydrogens is 260 g/mol. The Hall–Kier alpha value is -2.29. The molecule has 0 aliphatic heterocycles. The third kappa shape index (κ3) is 5.30. The summed E-state index contributed by atoms with van der Waals surface area (Å²) in [4.78, 5) is 11.8. The van der Waals surface area contributed by atoms with E-state index in [4.69, 9.17) is 0 Å². The van der Waals surface area contributed by atoms with E-state index in [1.807, 2.05) is 54.6 Å². The predicted octanol–water partition coefficient (Wildman–Crippen LogP) is 4.80. The Morgan fingerprint density at radius 2 is 1.48 bits per heavy atom. The van der Waals surface area contributed by atoms with Crippen LogP contribution >= 0.6 is 0 Å². The number of hydrogen-bond acceptors (Lipinski definition) is 2. The van der Waals surface area contributed by atoms with Crippen molar-refractivity contribution in [3.63, 3.8) is 0 Å². The minimum atomic E-state index is 0.0764. The fraction of sp³-hybridized carbons (Fsp3) is 0.278. The minimum absolute atomic E-state index is 0.0764. The van der Waals surface area contributed by atoms with Gasteiger partial charge in [0.05, 0.1) is 0 Å². The van der Waals surface area contributed by atoms with Gasteiger partial charge in [-0.05, 0) is 48.7 Å². The second kappa shape index (κ2) is 7.48. The molecule has 1 amide bonds. The maximum Gasteiger partial charge on any atom is 0.224 e. The third-order valence-corrected chi connectivity index (χ3v) is 3.18. The van der Waals surface area contributed by atoms with E-state index in [0.717, 1.165) is 23.5 Å². The summed E-state index contributed by atoms with van der Waals surface area (Å²) in [5.41, 5.74) is 2.88. The summed E-state index contributed by atoms with van der Waals surface area (Å²) in [6.07, 6.45) is 1.49. The van der Waals surface area contributed by atoms with Crippen LogP contribution in [-0.4, -0.2) is 5.91 Å². The molecule has 0 aliphatic carbocycles. The van der Waals surface area contributed by atoms with Gasteiger partial charge in [-0.1, -0.05) is 32.0 Å². The summed E-state index contributed by atoms with van der Waals surface area (Å²) < 4.78 is 0. The lowest BCUT2D eigenvalue weighted by molar-refractivity contribution is -0.116. The molecule has 0 aromatic heterocycles. The highest BCUT2D eigenvalue weighted by Gasteiger charge is 2.04. The number of amides is 1. The molecule has 0 fully saturated rings. The molecule has 0 spiro atoms. The lowest BCUT2D eigenvalue weighted by atomic mass is 10.1. The van der Waals surface area contributed by atoms with Crippen LogP contribution in [0.25, 0.3) is 0 Å². The lowest BCUT2D eigenvalue weighted by Crippen LogP contribution is -2.12. The first-order chi connectivity index (χ1) is 10.1. The minimum Gasteiger partial charge on any atom is -0.356 e. The van der Waals surface area contributed by atoms with E-state index in [9.17, 15) is 4.79 Å². The van der Waals surface area contributed by atoms with Gasteiger partial charge in [0.25, 0.3) is 0 Å². The first kappa shape index (κ1) is 15.1. The molecule has 0 unspecified atom stereocenters. The highest BCUT2D eigenvalue weighted by Crippen LogP contribution is 2.19. The second-order valence-electron chi connectivity index (χ2n) is 5.55. The van der Waals surface area contributed by atoms with Crippen LogP contribution in [0.3, 0.4) is 0 Å². The van der Waals surface area contributed by atoms with Gasteiger partial charge in [0.1, 0.15) is 0 Å². The van der Waals surface area contributed by atoms with E-state index in [0.29, 0.717) is 12.3 Å². The molecule has 3 heteroatoms. The van der Waals surface area contributed by atoms with Crippen LogP contribution in [0, 0.1) is 5.92 Å². The third-order valence-electron chi connectivity index (χ3n) is 3.18. The van der Waals surface area contributed by atoms with Crippen LogP contribution in [-0.2, 0) is 4.79 Å². The Labute approximate surface area is 126 Å². The van der Waals surface area contributed by atoms with Gasteiger partial charge in [0, 0.05) is 23.5 Å². The molecular formula is C18H22N2O. The average Bonchev–Trinajstić information content (AvgIpc) is 2.48. The fourth-order valence-corrected chi connectivity index (χ4v) is 1.97.